The Labute approximate surface area is 115 Å². The Balaban J connectivity index is 2.15. The van der Waals surface area contributed by atoms with Crippen molar-refractivity contribution in [3.8, 4) is 0 Å². The smallest absolute Gasteiger partial charge is 0.248 e. The molecule has 0 aliphatic rings. The molecule has 0 aliphatic heterocycles. The van der Waals surface area contributed by atoms with Crippen molar-refractivity contribution in [2.24, 2.45) is 5.73 Å². The van der Waals surface area contributed by atoms with Crippen LogP contribution in [0.1, 0.15) is 21.5 Å². The van der Waals surface area contributed by atoms with E-state index in [1.165, 1.54) is 12.1 Å². The molecule has 20 heavy (non-hydrogen) atoms. The Morgan fingerprint density at radius 1 is 1.25 bits per heavy atom. The summed E-state index contributed by atoms with van der Waals surface area (Å²) in [4.78, 5) is 11.0. The SMILES string of the molecule is Cc1cc(C(N)=O)ccc1CNc1cccc(F)c1F. The summed E-state index contributed by atoms with van der Waals surface area (Å²) in [6, 6.07) is 8.97. The third kappa shape index (κ3) is 2.93. The number of halogens is 2. The van der Waals surface area contributed by atoms with Crippen LogP contribution in [0, 0.1) is 18.6 Å². The van der Waals surface area contributed by atoms with Gasteiger partial charge in [-0.3, -0.25) is 4.79 Å². The summed E-state index contributed by atoms with van der Waals surface area (Å²) in [6.07, 6.45) is 0. The summed E-state index contributed by atoms with van der Waals surface area (Å²) < 4.78 is 26.5. The first-order valence-electron chi connectivity index (χ1n) is 6.06. The fourth-order valence-corrected chi connectivity index (χ4v) is 1.88. The number of benzene rings is 2. The van der Waals surface area contributed by atoms with Gasteiger partial charge in [0.25, 0.3) is 0 Å². The van der Waals surface area contributed by atoms with E-state index in [1.807, 2.05) is 6.92 Å². The second-order valence-electron chi connectivity index (χ2n) is 4.46. The standard InChI is InChI=1S/C15H14F2N2O/c1-9-7-10(15(18)20)5-6-11(9)8-19-13-4-2-3-12(16)14(13)17/h2-7,19H,8H2,1H3,(H2,18,20). The first-order valence-corrected chi connectivity index (χ1v) is 6.06. The van der Waals surface area contributed by atoms with E-state index in [0.29, 0.717) is 12.1 Å². The van der Waals surface area contributed by atoms with Crippen LogP contribution in [0.25, 0.3) is 0 Å². The number of aryl methyl sites for hydroxylation is 1. The monoisotopic (exact) mass is 276 g/mol. The van der Waals surface area contributed by atoms with Crippen molar-refractivity contribution >= 4 is 11.6 Å². The predicted molar refractivity (Wildman–Crippen MR) is 73.4 cm³/mol. The Hall–Kier alpha value is -2.43. The summed E-state index contributed by atoms with van der Waals surface area (Å²) in [6.45, 7) is 2.15. The zero-order valence-electron chi connectivity index (χ0n) is 10.9. The van der Waals surface area contributed by atoms with Crippen LogP contribution in [0.15, 0.2) is 36.4 Å². The lowest BCUT2D eigenvalue weighted by molar-refractivity contribution is 0.1000. The van der Waals surface area contributed by atoms with E-state index in [9.17, 15) is 13.6 Å². The molecule has 1 amide bonds. The van der Waals surface area contributed by atoms with Crippen LogP contribution in [0.5, 0.6) is 0 Å². The fourth-order valence-electron chi connectivity index (χ4n) is 1.88. The number of hydrogen-bond acceptors (Lipinski definition) is 2. The molecule has 0 aliphatic carbocycles. The maximum absolute atomic E-state index is 13.5. The van der Waals surface area contributed by atoms with Crippen LogP contribution in [-0.4, -0.2) is 5.91 Å². The van der Waals surface area contributed by atoms with Crippen LogP contribution in [0.4, 0.5) is 14.5 Å². The number of rotatable bonds is 4. The van der Waals surface area contributed by atoms with Gasteiger partial charge in [0.15, 0.2) is 11.6 Å². The number of carbonyl (C=O) groups excluding carboxylic acids is 1. The molecular weight excluding hydrogens is 262 g/mol. The van der Waals surface area contributed by atoms with Crippen molar-refractivity contribution in [3.63, 3.8) is 0 Å². The molecule has 0 unspecified atom stereocenters. The molecule has 2 aromatic carbocycles. The zero-order valence-corrected chi connectivity index (χ0v) is 10.9. The molecule has 0 bridgehead atoms. The van der Waals surface area contributed by atoms with Crippen molar-refractivity contribution in [2.45, 2.75) is 13.5 Å². The molecule has 0 radical (unpaired) electrons. The van der Waals surface area contributed by atoms with Crippen molar-refractivity contribution in [3.05, 3.63) is 64.7 Å². The molecule has 0 atom stereocenters. The van der Waals surface area contributed by atoms with Gasteiger partial charge >= 0.3 is 0 Å². The summed E-state index contributed by atoms with van der Waals surface area (Å²) in [7, 11) is 0. The van der Waals surface area contributed by atoms with Gasteiger partial charge in [0.1, 0.15) is 0 Å². The fraction of sp³-hybridized carbons (Fsp3) is 0.133. The van der Waals surface area contributed by atoms with Gasteiger partial charge in [-0.2, -0.15) is 0 Å². The zero-order chi connectivity index (χ0) is 14.7. The molecule has 0 heterocycles. The quantitative estimate of drug-likeness (QED) is 0.902. The normalized spacial score (nSPS) is 10.3. The van der Waals surface area contributed by atoms with Gasteiger partial charge in [-0.05, 0) is 42.3 Å². The molecule has 0 saturated carbocycles. The Kier molecular flexibility index (Phi) is 3.98. The van der Waals surface area contributed by atoms with E-state index in [2.05, 4.69) is 5.32 Å². The van der Waals surface area contributed by atoms with E-state index in [4.69, 9.17) is 5.73 Å². The van der Waals surface area contributed by atoms with Crippen molar-refractivity contribution in [1.82, 2.24) is 0 Å². The third-order valence-electron chi connectivity index (χ3n) is 3.05. The maximum Gasteiger partial charge on any atom is 0.248 e. The Bertz CT molecular complexity index is 656. The van der Waals surface area contributed by atoms with Gasteiger partial charge in [0.05, 0.1) is 5.69 Å². The van der Waals surface area contributed by atoms with Crippen molar-refractivity contribution in [1.29, 1.82) is 0 Å². The number of primary amides is 1. The highest BCUT2D eigenvalue weighted by Gasteiger charge is 2.08. The van der Waals surface area contributed by atoms with Gasteiger partial charge < -0.3 is 11.1 Å². The summed E-state index contributed by atoms with van der Waals surface area (Å²) in [5.41, 5.74) is 7.43. The lowest BCUT2D eigenvalue weighted by Crippen LogP contribution is -2.12. The van der Waals surface area contributed by atoms with Crippen LogP contribution in [-0.2, 0) is 6.54 Å². The number of anilines is 1. The molecule has 104 valence electrons. The minimum atomic E-state index is -0.904. The van der Waals surface area contributed by atoms with Gasteiger partial charge in [-0.25, -0.2) is 8.78 Å². The van der Waals surface area contributed by atoms with Gasteiger partial charge in [-0.15, -0.1) is 0 Å². The molecule has 0 saturated heterocycles. The average Bonchev–Trinajstić information content (AvgIpc) is 2.41. The summed E-state index contributed by atoms with van der Waals surface area (Å²) >= 11 is 0. The third-order valence-corrected chi connectivity index (χ3v) is 3.05. The number of nitrogens with one attached hydrogen (secondary N) is 1. The average molecular weight is 276 g/mol. The van der Waals surface area contributed by atoms with Crippen molar-refractivity contribution in [2.75, 3.05) is 5.32 Å². The molecule has 3 N–H and O–H groups in total. The predicted octanol–water partition coefficient (Wildman–Crippen LogP) is 2.98. The number of hydrogen-bond donors (Lipinski definition) is 2. The topological polar surface area (TPSA) is 55.1 Å². The molecule has 0 aromatic heterocycles. The van der Waals surface area contributed by atoms with Crippen LogP contribution >= 0.6 is 0 Å². The molecule has 0 fully saturated rings. The molecule has 0 spiro atoms. The van der Waals surface area contributed by atoms with Crippen LogP contribution < -0.4 is 11.1 Å². The Morgan fingerprint density at radius 3 is 2.65 bits per heavy atom. The number of carbonyl (C=O) groups is 1. The van der Waals surface area contributed by atoms with E-state index in [1.54, 1.807) is 18.2 Å². The number of nitrogens with two attached hydrogens (primary N) is 1. The molecule has 2 aromatic rings. The lowest BCUT2D eigenvalue weighted by atomic mass is 10.0. The molecule has 5 heteroatoms. The van der Waals surface area contributed by atoms with E-state index in [-0.39, 0.29) is 5.69 Å². The first kappa shape index (κ1) is 14.0. The van der Waals surface area contributed by atoms with Gasteiger partial charge in [0, 0.05) is 12.1 Å². The minimum Gasteiger partial charge on any atom is -0.379 e. The van der Waals surface area contributed by atoms with E-state index >= 15 is 0 Å². The first-order chi connectivity index (χ1) is 9.49. The second kappa shape index (κ2) is 5.69. The minimum absolute atomic E-state index is 0.100. The molecular formula is C15H14F2N2O. The lowest BCUT2D eigenvalue weighted by Gasteiger charge is -2.11. The van der Waals surface area contributed by atoms with Crippen molar-refractivity contribution < 1.29 is 13.6 Å². The van der Waals surface area contributed by atoms with Crippen LogP contribution in [0.2, 0.25) is 0 Å². The highest BCUT2D eigenvalue weighted by molar-refractivity contribution is 5.93. The second-order valence-corrected chi connectivity index (χ2v) is 4.46. The summed E-state index contributed by atoms with van der Waals surface area (Å²) in [5.74, 6) is -2.29. The maximum atomic E-state index is 13.5. The summed E-state index contributed by atoms with van der Waals surface area (Å²) in [5, 5.41) is 2.83. The highest BCUT2D eigenvalue weighted by Crippen LogP contribution is 2.18. The Morgan fingerprint density at radius 2 is 2.00 bits per heavy atom. The molecule has 3 nitrogen and oxygen atoms in total. The van der Waals surface area contributed by atoms with Gasteiger partial charge in [0.2, 0.25) is 5.91 Å². The van der Waals surface area contributed by atoms with E-state index in [0.717, 1.165) is 17.2 Å². The van der Waals surface area contributed by atoms with Crippen LogP contribution in [0.3, 0.4) is 0 Å². The largest absolute Gasteiger partial charge is 0.379 e. The number of amides is 1. The highest BCUT2D eigenvalue weighted by atomic mass is 19.2. The molecule has 2 rings (SSSR count). The van der Waals surface area contributed by atoms with E-state index < -0.39 is 17.5 Å². The van der Waals surface area contributed by atoms with Gasteiger partial charge in [-0.1, -0.05) is 12.1 Å².